The standard InChI is InChI=1S/C44H57F2N9O6/c1-4-32-41(59)52(2)33-22-48-38(50-39(33)55(32)27-8-5-6-9-27)37-34(61-3)10-7-13-44(37,47)42(60)51-43(16-19-56)14-17-53(18-15-43)23-26-24-54(25-26)28-20-30(45)36(31(46)21-28)29-11-12-35(57)49-40(29)58/h7,10,13,20-22,26-27,29,32,37,56H,4-6,8-9,11-12,14-19,23-25,47H2,1-3H3,(H,51,60)(H,49,57,58). The van der Waals surface area contributed by atoms with Crippen LogP contribution in [-0.4, -0.2) is 120 Å². The highest BCUT2D eigenvalue weighted by Gasteiger charge is 2.51. The summed E-state index contributed by atoms with van der Waals surface area (Å²) in [6.45, 7) is 5.11. The van der Waals surface area contributed by atoms with Gasteiger partial charge in [-0.2, -0.15) is 0 Å². The summed E-state index contributed by atoms with van der Waals surface area (Å²) in [5, 5.41) is 15.7. The maximum absolute atomic E-state index is 15.2. The van der Waals surface area contributed by atoms with Gasteiger partial charge in [0.15, 0.2) is 5.82 Å². The summed E-state index contributed by atoms with van der Waals surface area (Å²) >= 11 is 0. The number of hydrogen-bond donors (Lipinski definition) is 4. The van der Waals surface area contributed by atoms with Gasteiger partial charge < -0.3 is 40.5 Å². The summed E-state index contributed by atoms with van der Waals surface area (Å²) in [5.74, 6) is -3.47. The summed E-state index contributed by atoms with van der Waals surface area (Å²) in [4.78, 5) is 69.9. The number of methoxy groups -OCH3 is 1. The monoisotopic (exact) mass is 845 g/mol. The average molecular weight is 846 g/mol. The number of aromatic nitrogens is 2. The van der Waals surface area contributed by atoms with Gasteiger partial charge in [0.1, 0.15) is 46.4 Å². The van der Waals surface area contributed by atoms with E-state index in [0.717, 1.165) is 32.2 Å². The van der Waals surface area contributed by atoms with Crippen molar-refractivity contribution >= 4 is 40.8 Å². The number of nitrogens with one attached hydrogen (secondary N) is 2. The Morgan fingerprint density at radius 2 is 1.80 bits per heavy atom. The molecule has 1 aromatic carbocycles. The molecule has 61 heavy (non-hydrogen) atoms. The fourth-order valence-corrected chi connectivity index (χ4v) is 10.5. The number of likely N-dealkylation sites (tertiary alicyclic amines) is 1. The van der Waals surface area contributed by atoms with Crippen molar-refractivity contribution in [2.45, 2.75) is 106 Å². The molecular formula is C44H57F2N9O6. The summed E-state index contributed by atoms with van der Waals surface area (Å²) < 4.78 is 36.3. The Kier molecular flexibility index (Phi) is 11.9. The van der Waals surface area contributed by atoms with Crippen molar-refractivity contribution in [3.05, 3.63) is 65.3 Å². The van der Waals surface area contributed by atoms with Crippen LogP contribution in [-0.2, 0) is 23.9 Å². The van der Waals surface area contributed by atoms with Crippen LogP contribution in [0, 0.1) is 17.6 Å². The average Bonchev–Trinajstić information content (AvgIpc) is 3.76. The Bertz CT molecular complexity index is 2090. The zero-order valence-electron chi connectivity index (χ0n) is 35.2. The number of allylic oxidation sites excluding steroid dienone is 2. The third-order valence-corrected chi connectivity index (χ3v) is 14.0. The van der Waals surface area contributed by atoms with E-state index < -0.39 is 52.3 Å². The third-order valence-electron chi connectivity index (χ3n) is 14.0. The Morgan fingerprint density at radius 1 is 1.10 bits per heavy atom. The maximum atomic E-state index is 15.2. The third kappa shape index (κ3) is 7.88. The highest BCUT2D eigenvalue weighted by molar-refractivity contribution is 6.04. The molecule has 6 aliphatic rings. The van der Waals surface area contributed by atoms with Gasteiger partial charge in [-0.15, -0.1) is 0 Å². The van der Waals surface area contributed by atoms with Gasteiger partial charge in [-0.05, 0) is 63.2 Å². The predicted molar refractivity (Wildman–Crippen MR) is 224 cm³/mol. The molecule has 2 aromatic rings. The molecule has 4 aliphatic heterocycles. The van der Waals surface area contributed by atoms with E-state index >= 15 is 8.78 Å². The van der Waals surface area contributed by atoms with Crippen LogP contribution < -0.4 is 31.1 Å². The molecule has 4 amide bonds. The minimum atomic E-state index is -1.65. The van der Waals surface area contributed by atoms with Gasteiger partial charge >= 0.3 is 0 Å². The van der Waals surface area contributed by atoms with Gasteiger partial charge in [0.25, 0.3) is 0 Å². The van der Waals surface area contributed by atoms with Crippen molar-refractivity contribution in [3.63, 3.8) is 0 Å². The van der Waals surface area contributed by atoms with E-state index in [1.165, 1.54) is 19.2 Å². The molecule has 15 nitrogen and oxygen atoms in total. The zero-order chi connectivity index (χ0) is 43.2. The summed E-state index contributed by atoms with van der Waals surface area (Å²) in [6, 6.07) is 2.31. The van der Waals surface area contributed by atoms with E-state index in [2.05, 4.69) is 20.4 Å². The molecule has 0 bridgehead atoms. The van der Waals surface area contributed by atoms with Crippen LogP contribution in [0.25, 0.3) is 0 Å². The first kappa shape index (κ1) is 42.7. The first-order chi connectivity index (χ1) is 29.3. The van der Waals surface area contributed by atoms with Crippen molar-refractivity contribution in [3.8, 4) is 0 Å². The zero-order valence-corrected chi connectivity index (χ0v) is 35.2. The van der Waals surface area contributed by atoms with Gasteiger partial charge in [-0.25, -0.2) is 18.7 Å². The first-order valence-electron chi connectivity index (χ1n) is 21.7. The van der Waals surface area contributed by atoms with Crippen LogP contribution in [0.3, 0.4) is 0 Å². The number of halogens is 2. The molecule has 8 rings (SSSR count). The summed E-state index contributed by atoms with van der Waals surface area (Å²) in [5.41, 5.74) is 5.50. The minimum absolute atomic E-state index is 0.00258. The molecule has 17 heteroatoms. The van der Waals surface area contributed by atoms with Crippen molar-refractivity contribution in [2.75, 3.05) is 68.2 Å². The van der Waals surface area contributed by atoms with Crippen molar-refractivity contribution in [1.82, 2.24) is 25.5 Å². The largest absolute Gasteiger partial charge is 0.500 e. The van der Waals surface area contributed by atoms with Crippen LogP contribution in [0.15, 0.2) is 42.3 Å². The number of rotatable bonds is 12. The highest BCUT2D eigenvalue weighted by Crippen LogP contribution is 2.43. The molecule has 0 radical (unpaired) electrons. The minimum Gasteiger partial charge on any atom is -0.500 e. The number of ether oxygens (including phenoxy) is 1. The van der Waals surface area contributed by atoms with Crippen LogP contribution in [0.5, 0.6) is 0 Å². The molecule has 4 atom stereocenters. The SMILES string of the molecule is CCC1C(=O)N(C)c2cnc(C3C(OC)=CC=CC3(N)C(=O)NC3(CCO)CCN(CC4CN(c5cc(F)c(C6CCC(=O)NC6=O)c(F)c5)C4)CC3)nc2N1C1CCCC1. The second-order valence-electron chi connectivity index (χ2n) is 17.7. The molecule has 0 spiro atoms. The number of aliphatic hydroxyl groups excluding tert-OH is 1. The molecule has 328 valence electrons. The van der Waals surface area contributed by atoms with E-state index in [1.54, 1.807) is 36.4 Å². The fourth-order valence-electron chi connectivity index (χ4n) is 10.5. The number of hydrogen-bond acceptors (Lipinski definition) is 12. The number of piperidine rings is 2. The lowest BCUT2D eigenvalue weighted by Crippen LogP contribution is -2.65. The molecular weight excluding hydrogens is 789 g/mol. The van der Waals surface area contributed by atoms with E-state index in [-0.39, 0.29) is 48.9 Å². The van der Waals surface area contributed by atoms with Crippen molar-refractivity contribution < 1.29 is 37.8 Å². The first-order valence-corrected chi connectivity index (χ1v) is 21.7. The highest BCUT2D eigenvalue weighted by atomic mass is 19.1. The van der Waals surface area contributed by atoms with Crippen LogP contribution in [0.2, 0.25) is 0 Å². The lowest BCUT2D eigenvalue weighted by Gasteiger charge is -2.48. The molecule has 4 unspecified atom stereocenters. The smallest absolute Gasteiger partial charge is 0.249 e. The van der Waals surface area contributed by atoms with E-state index in [4.69, 9.17) is 20.4 Å². The number of carbonyl (C=O) groups is 4. The normalized spacial score (nSPS) is 27.1. The summed E-state index contributed by atoms with van der Waals surface area (Å²) in [7, 11) is 3.27. The van der Waals surface area contributed by atoms with Crippen LogP contribution in [0.1, 0.15) is 94.4 Å². The van der Waals surface area contributed by atoms with E-state index in [0.29, 0.717) is 80.6 Å². The Hall–Kier alpha value is -5.00. The number of likely N-dealkylation sites (N-methyl/N-ethyl adjacent to an activating group) is 1. The molecule has 5 N–H and O–H groups in total. The van der Waals surface area contributed by atoms with Crippen LogP contribution >= 0.6 is 0 Å². The lowest BCUT2D eigenvalue weighted by molar-refractivity contribution is -0.134. The Morgan fingerprint density at radius 3 is 2.44 bits per heavy atom. The Balaban J connectivity index is 0.938. The number of anilines is 3. The number of nitrogens with zero attached hydrogens (tertiary/aromatic N) is 6. The molecule has 4 fully saturated rings. The van der Waals surface area contributed by atoms with E-state index in [9.17, 15) is 24.3 Å². The topological polar surface area (TPSA) is 187 Å². The van der Waals surface area contributed by atoms with Gasteiger partial charge in [0.2, 0.25) is 23.6 Å². The van der Waals surface area contributed by atoms with Gasteiger partial charge in [-0.1, -0.05) is 31.9 Å². The molecule has 5 heterocycles. The quantitative estimate of drug-likeness (QED) is 0.229. The number of amides is 4. The number of aliphatic hydroxyl groups is 1. The maximum Gasteiger partial charge on any atom is 0.249 e. The van der Waals surface area contributed by atoms with Gasteiger partial charge in [0, 0.05) is 81.5 Å². The molecule has 3 saturated heterocycles. The van der Waals surface area contributed by atoms with Crippen molar-refractivity contribution in [2.24, 2.45) is 11.7 Å². The predicted octanol–water partition coefficient (Wildman–Crippen LogP) is 3.13. The second-order valence-corrected chi connectivity index (χ2v) is 17.7. The number of imide groups is 1. The van der Waals surface area contributed by atoms with Gasteiger partial charge in [-0.3, -0.25) is 24.5 Å². The molecule has 1 aromatic heterocycles. The van der Waals surface area contributed by atoms with Crippen molar-refractivity contribution in [1.29, 1.82) is 0 Å². The number of nitrogens with two attached hydrogens (primary N) is 1. The fraction of sp³-hybridized carbons (Fsp3) is 0.591. The second kappa shape index (κ2) is 17.0. The number of fused-ring (bicyclic) bond motifs is 1. The number of carbonyl (C=O) groups excluding carboxylic acids is 4. The summed E-state index contributed by atoms with van der Waals surface area (Å²) in [6.07, 6.45) is 13.0. The lowest BCUT2D eigenvalue weighted by atomic mass is 9.76. The Labute approximate surface area is 354 Å². The van der Waals surface area contributed by atoms with Crippen LogP contribution in [0.4, 0.5) is 26.0 Å². The number of benzene rings is 1. The molecule has 2 aliphatic carbocycles. The van der Waals surface area contributed by atoms with Gasteiger partial charge in [0.05, 0.1) is 19.2 Å². The molecule has 1 saturated carbocycles. The van der Waals surface area contributed by atoms with E-state index in [1.807, 2.05) is 11.8 Å².